The van der Waals surface area contributed by atoms with Crippen LogP contribution in [0.25, 0.3) is 10.9 Å². The van der Waals surface area contributed by atoms with E-state index in [1.165, 1.54) is 12.1 Å². The smallest absolute Gasteiger partial charge is 0.252 e. The Morgan fingerprint density at radius 3 is 2.53 bits per heavy atom. The highest BCUT2D eigenvalue weighted by Crippen LogP contribution is 2.30. The van der Waals surface area contributed by atoms with E-state index in [-0.39, 0.29) is 23.0 Å². The summed E-state index contributed by atoms with van der Waals surface area (Å²) in [6.07, 6.45) is 1.58. The van der Waals surface area contributed by atoms with Crippen LogP contribution in [0.5, 0.6) is 5.75 Å². The highest BCUT2D eigenvalue weighted by molar-refractivity contribution is 5.80. The maximum Gasteiger partial charge on any atom is 0.252 e. The number of fused-ring (bicyclic) bond motifs is 1. The second-order valence-electron chi connectivity index (χ2n) is 9.65. The molecule has 0 fully saturated rings. The van der Waals surface area contributed by atoms with Gasteiger partial charge in [-0.3, -0.25) is 9.69 Å². The first-order valence-electron chi connectivity index (χ1n) is 12.2. The third kappa shape index (κ3) is 5.31. The number of aromatic nitrogens is 5. The van der Waals surface area contributed by atoms with Gasteiger partial charge >= 0.3 is 0 Å². The number of hydrogen-bond acceptors (Lipinski definition) is 6. The van der Waals surface area contributed by atoms with Crippen molar-refractivity contribution in [2.24, 2.45) is 0 Å². The zero-order valence-electron chi connectivity index (χ0n) is 21.5. The molecule has 36 heavy (non-hydrogen) atoms. The fourth-order valence-corrected chi connectivity index (χ4v) is 4.38. The zero-order valence-corrected chi connectivity index (χ0v) is 21.5. The number of hydrogen-bond donors (Lipinski definition) is 1. The predicted molar refractivity (Wildman–Crippen MR) is 137 cm³/mol. The second-order valence-corrected chi connectivity index (χ2v) is 9.65. The molecule has 1 N–H and O–H groups in total. The molecule has 0 saturated heterocycles. The SMILES string of the molecule is CC[C@H](c1nnnn1C(C)(C)CC)N(Cc1ccc(F)cc1)Cc1cc2cc(OC)ccc2[nH]c1=O. The fraction of sp³-hybridized carbons (Fsp3) is 0.407. The number of methoxy groups -OCH3 is 1. The summed E-state index contributed by atoms with van der Waals surface area (Å²) in [5.74, 6) is 1.17. The first-order valence-corrected chi connectivity index (χ1v) is 12.2. The molecule has 190 valence electrons. The Kier molecular flexibility index (Phi) is 7.49. The maximum atomic E-state index is 13.6. The number of tetrazole rings is 1. The van der Waals surface area contributed by atoms with Gasteiger partial charge in [-0.1, -0.05) is 26.0 Å². The highest BCUT2D eigenvalue weighted by Gasteiger charge is 2.31. The van der Waals surface area contributed by atoms with Crippen LogP contribution in [0.3, 0.4) is 0 Å². The van der Waals surface area contributed by atoms with Gasteiger partial charge < -0.3 is 9.72 Å². The lowest BCUT2D eigenvalue weighted by molar-refractivity contribution is 0.150. The van der Waals surface area contributed by atoms with E-state index in [0.29, 0.717) is 18.7 Å². The van der Waals surface area contributed by atoms with Crippen LogP contribution in [0.2, 0.25) is 0 Å². The lowest BCUT2D eigenvalue weighted by atomic mass is 10.0. The number of nitrogens with zero attached hydrogens (tertiary/aromatic N) is 5. The van der Waals surface area contributed by atoms with Gasteiger partial charge in [0.05, 0.1) is 18.7 Å². The molecule has 9 heteroatoms. The summed E-state index contributed by atoms with van der Waals surface area (Å²) in [7, 11) is 1.62. The average molecular weight is 493 g/mol. The fourth-order valence-electron chi connectivity index (χ4n) is 4.38. The van der Waals surface area contributed by atoms with Crippen LogP contribution in [0.1, 0.15) is 63.5 Å². The normalized spacial score (nSPS) is 12.9. The van der Waals surface area contributed by atoms with E-state index in [2.05, 4.69) is 53.1 Å². The molecule has 2 aromatic heterocycles. The quantitative estimate of drug-likeness (QED) is 0.337. The summed E-state index contributed by atoms with van der Waals surface area (Å²) in [4.78, 5) is 18.2. The predicted octanol–water partition coefficient (Wildman–Crippen LogP) is 4.96. The monoisotopic (exact) mass is 492 g/mol. The minimum absolute atomic E-state index is 0.153. The Morgan fingerprint density at radius 2 is 1.86 bits per heavy atom. The summed E-state index contributed by atoms with van der Waals surface area (Å²) in [5.41, 5.74) is 1.87. The number of nitrogens with one attached hydrogen (secondary N) is 1. The van der Waals surface area contributed by atoms with E-state index in [0.717, 1.165) is 40.9 Å². The van der Waals surface area contributed by atoms with Gasteiger partial charge in [-0.25, -0.2) is 9.07 Å². The number of ether oxygens (including phenoxy) is 1. The molecule has 0 spiro atoms. The van der Waals surface area contributed by atoms with Gasteiger partial charge in [0.2, 0.25) is 0 Å². The van der Waals surface area contributed by atoms with Gasteiger partial charge in [0.25, 0.3) is 5.56 Å². The Hall–Kier alpha value is -3.59. The molecule has 2 aromatic carbocycles. The lowest BCUT2D eigenvalue weighted by Gasteiger charge is -2.33. The Morgan fingerprint density at radius 1 is 1.11 bits per heavy atom. The van der Waals surface area contributed by atoms with Crippen LogP contribution in [0.4, 0.5) is 4.39 Å². The molecule has 4 rings (SSSR count). The molecule has 1 atom stereocenters. The highest BCUT2D eigenvalue weighted by atomic mass is 19.1. The molecule has 0 amide bonds. The Labute approximate surface area is 210 Å². The van der Waals surface area contributed by atoms with Crippen molar-refractivity contribution in [3.05, 3.63) is 81.7 Å². The minimum Gasteiger partial charge on any atom is -0.497 e. The van der Waals surface area contributed by atoms with Gasteiger partial charge in [-0.15, -0.1) is 5.10 Å². The van der Waals surface area contributed by atoms with E-state index in [9.17, 15) is 9.18 Å². The molecule has 8 nitrogen and oxygen atoms in total. The maximum absolute atomic E-state index is 13.6. The van der Waals surface area contributed by atoms with Crippen LogP contribution in [-0.4, -0.2) is 37.2 Å². The van der Waals surface area contributed by atoms with Crippen molar-refractivity contribution in [1.82, 2.24) is 30.1 Å². The molecule has 0 aliphatic heterocycles. The summed E-state index contributed by atoms with van der Waals surface area (Å²) >= 11 is 0. The minimum atomic E-state index is -0.286. The Balaban J connectivity index is 1.77. The van der Waals surface area contributed by atoms with Crippen LogP contribution in [0, 0.1) is 5.82 Å². The van der Waals surface area contributed by atoms with Gasteiger partial charge in [0.1, 0.15) is 11.6 Å². The van der Waals surface area contributed by atoms with Crippen LogP contribution in [0.15, 0.2) is 53.3 Å². The third-order valence-corrected chi connectivity index (χ3v) is 6.86. The largest absolute Gasteiger partial charge is 0.497 e. The van der Waals surface area contributed by atoms with E-state index in [4.69, 9.17) is 4.74 Å². The van der Waals surface area contributed by atoms with Crippen molar-refractivity contribution >= 4 is 10.9 Å². The van der Waals surface area contributed by atoms with Gasteiger partial charge in [-0.05, 0) is 79.1 Å². The van der Waals surface area contributed by atoms with Crippen molar-refractivity contribution in [2.45, 2.75) is 65.2 Å². The molecule has 0 bridgehead atoms. The zero-order chi connectivity index (χ0) is 25.9. The first-order chi connectivity index (χ1) is 17.2. The number of pyridine rings is 1. The van der Waals surface area contributed by atoms with Crippen molar-refractivity contribution in [3.8, 4) is 5.75 Å². The van der Waals surface area contributed by atoms with Crippen LogP contribution < -0.4 is 10.3 Å². The molecular weight excluding hydrogens is 459 g/mol. The van der Waals surface area contributed by atoms with Crippen molar-refractivity contribution in [2.75, 3.05) is 7.11 Å². The number of rotatable bonds is 10. The van der Waals surface area contributed by atoms with Crippen molar-refractivity contribution in [1.29, 1.82) is 0 Å². The molecule has 2 heterocycles. The third-order valence-electron chi connectivity index (χ3n) is 6.86. The number of benzene rings is 2. The van der Waals surface area contributed by atoms with Crippen LogP contribution in [-0.2, 0) is 18.6 Å². The van der Waals surface area contributed by atoms with E-state index >= 15 is 0 Å². The first kappa shape index (κ1) is 25.5. The number of aromatic amines is 1. The number of halogens is 1. The molecule has 0 saturated carbocycles. The molecule has 4 aromatic rings. The standard InChI is InChI=1S/C27H33FN6O2/c1-6-24(25-30-31-32-34(25)27(3,4)7-2)33(16-18-8-10-21(28)11-9-18)17-20-14-19-15-22(36-5)12-13-23(19)29-26(20)35/h8-15,24H,6-7,16-17H2,1-5H3,(H,29,35)/t24-/m1/s1. The van der Waals surface area contributed by atoms with Gasteiger partial charge in [0, 0.05) is 29.6 Å². The van der Waals surface area contributed by atoms with Gasteiger partial charge in [-0.2, -0.15) is 0 Å². The second kappa shape index (κ2) is 10.6. The van der Waals surface area contributed by atoms with E-state index in [1.54, 1.807) is 19.2 Å². The molecule has 0 aliphatic rings. The summed E-state index contributed by atoms with van der Waals surface area (Å²) in [6.45, 7) is 9.24. The van der Waals surface area contributed by atoms with Crippen molar-refractivity contribution < 1.29 is 9.13 Å². The lowest BCUT2D eigenvalue weighted by Crippen LogP contribution is -2.36. The number of H-pyrrole nitrogens is 1. The molecule has 0 aliphatic carbocycles. The average Bonchev–Trinajstić information content (AvgIpc) is 3.36. The molecule has 0 unspecified atom stereocenters. The van der Waals surface area contributed by atoms with Crippen LogP contribution >= 0.6 is 0 Å². The summed E-state index contributed by atoms with van der Waals surface area (Å²) < 4.78 is 20.9. The van der Waals surface area contributed by atoms with Crippen molar-refractivity contribution in [3.63, 3.8) is 0 Å². The summed E-state index contributed by atoms with van der Waals surface area (Å²) in [6, 6.07) is 13.7. The Bertz CT molecular complexity index is 1380. The molecule has 0 radical (unpaired) electrons. The summed E-state index contributed by atoms with van der Waals surface area (Å²) in [5, 5.41) is 13.6. The van der Waals surface area contributed by atoms with E-state index in [1.807, 2.05) is 28.9 Å². The topological polar surface area (TPSA) is 88.9 Å². The van der Waals surface area contributed by atoms with Gasteiger partial charge in [0.15, 0.2) is 5.82 Å². The molecular formula is C27H33FN6O2. The van der Waals surface area contributed by atoms with E-state index < -0.39 is 0 Å².